The predicted octanol–water partition coefficient (Wildman–Crippen LogP) is 3.33. The van der Waals surface area contributed by atoms with Crippen molar-refractivity contribution in [2.45, 2.75) is 19.9 Å². The van der Waals surface area contributed by atoms with Crippen molar-refractivity contribution in [2.24, 2.45) is 5.73 Å². The van der Waals surface area contributed by atoms with E-state index in [1.165, 1.54) is 13.4 Å². The molecule has 2 heterocycles. The van der Waals surface area contributed by atoms with E-state index in [1.54, 1.807) is 0 Å². The SMILES string of the molecule is CCc1c(C(=O)C(N)=O)c2c(OCCOOC)ncnc2n1Cc1ccccc1-c1ccccc1. The number of nitrogens with zero attached hydrogens (tertiary/aromatic N) is 3. The van der Waals surface area contributed by atoms with E-state index in [-0.39, 0.29) is 24.7 Å². The molecule has 2 aromatic carbocycles. The van der Waals surface area contributed by atoms with Gasteiger partial charge >= 0.3 is 0 Å². The fourth-order valence-electron chi connectivity index (χ4n) is 4.19. The van der Waals surface area contributed by atoms with Gasteiger partial charge in [0.1, 0.15) is 25.2 Å². The Labute approximate surface area is 202 Å². The van der Waals surface area contributed by atoms with E-state index < -0.39 is 11.7 Å². The molecule has 0 bridgehead atoms. The maximum Gasteiger partial charge on any atom is 0.289 e. The number of carbonyl (C=O) groups excluding carboxylic acids is 2. The van der Waals surface area contributed by atoms with Gasteiger partial charge in [0.05, 0.1) is 18.1 Å². The Morgan fingerprint density at radius 1 is 1.00 bits per heavy atom. The third-order valence-electron chi connectivity index (χ3n) is 5.65. The minimum Gasteiger partial charge on any atom is -0.475 e. The van der Waals surface area contributed by atoms with Gasteiger partial charge in [-0.25, -0.2) is 19.7 Å². The monoisotopic (exact) mass is 474 g/mol. The Kier molecular flexibility index (Phi) is 7.49. The molecule has 0 aliphatic carbocycles. The van der Waals surface area contributed by atoms with Crippen LogP contribution in [-0.4, -0.2) is 46.5 Å². The highest BCUT2D eigenvalue weighted by Gasteiger charge is 2.29. The predicted molar refractivity (Wildman–Crippen MR) is 130 cm³/mol. The lowest BCUT2D eigenvalue weighted by atomic mass is 9.99. The van der Waals surface area contributed by atoms with Crippen LogP contribution < -0.4 is 10.5 Å². The van der Waals surface area contributed by atoms with Crippen LogP contribution >= 0.6 is 0 Å². The Balaban J connectivity index is 1.88. The summed E-state index contributed by atoms with van der Waals surface area (Å²) in [6.07, 6.45) is 1.83. The molecule has 0 fully saturated rings. The molecule has 1 amide bonds. The van der Waals surface area contributed by atoms with Gasteiger partial charge in [0, 0.05) is 12.2 Å². The lowest BCUT2D eigenvalue weighted by Gasteiger charge is -2.14. The average molecular weight is 475 g/mol. The molecule has 0 saturated heterocycles. The van der Waals surface area contributed by atoms with Gasteiger partial charge in [-0.15, -0.1) is 0 Å². The smallest absolute Gasteiger partial charge is 0.289 e. The molecule has 0 spiro atoms. The first kappa shape index (κ1) is 24.1. The van der Waals surface area contributed by atoms with Crippen LogP contribution in [0.25, 0.3) is 22.2 Å². The lowest BCUT2D eigenvalue weighted by Crippen LogP contribution is -2.24. The number of benzene rings is 2. The quantitative estimate of drug-likeness (QED) is 0.116. The molecule has 35 heavy (non-hydrogen) atoms. The maximum atomic E-state index is 13.0. The fourth-order valence-corrected chi connectivity index (χ4v) is 4.19. The van der Waals surface area contributed by atoms with Crippen molar-refractivity contribution < 1.29 is 24.1 Å². The first-order valence-electron chi connectivity index (χ1n) is 11.2. The molecule has 0 aliphatic rings. The highest BCUT2D eigenvalue weighted by molar-refractivity contribution is 6.45. The molecule has 0 atom stereocenters. The van der Waals surface area contributed by atoms with E-state index >= 15 is 0 Å². The highest BCUT2D eigenvalue weighted by atomic mass is 17.2. The Morgan fingerprint density at radius 3 is 2.46 bits per heavy atom. The van der Waals surface area contributed by atoms with Crippen LogP contribution in [0.2, 0.25) is 0 Å². The number of fused-ring (bicyclic) bond motifs is 1. The molecule has 0 saturated carbocycles. The Bertz CT molecular complexity index is 1350. The highest BCUT2D eigenvalue weighted by Crippen LogP contribution is 2.34. The second kappa shape index (κ2) is 10.9. The lowest BCUT2D eigenvalue weighted by molar-refractivity contribution is -0.275. The van der Waals surface area contributed by atoms with Crippen molar-refractivity contribution in [3.8, 4) is 17.0 Å². The van der Waals surface area contributed by atoms with Crippen LogP contribution in [0, 0.1) is 0 Å². The molecular weight excluding hydrogens is 448 g/mol. The maximum absolute atomic E-state index is 13.0. The summed E-state index contributed by atoms with van der Waals surface area (Å²) in [6.45, 7) is 2.59. The molecule has 4 aromatic rings. The van der Waals surface area contributed by atoms with E-state index in [0.29, 0.717) is 29.7 Å². The van der Waals surface area contributed by atoms with Crippen LogP contribution in [0.15, 0.2) is 60.9 Å². The zero-order valence-corrected chi connectivity index (χ0v) is 19.6. The fraction of sp³-hybridized carbons (Fsp3) is 0.231. The largest absolute Gasteiger partial charge is 0.475 e. The number of amides is 1. The zero-order valence-electron chi connectivity index (χ0n) is 19.6. The zero-order chi connectivity index (χ0) is 24.8. The van der Waals surface area contributed by atoms with Crippen molar-refractivity contribution in [3.05, 3.63) is 77.7 Å². The van der Waals surface area contributed by atoms with Crippen LogP contribution in [-0.2, 0) is 27.5 Å². The van der Waals surface area contributed by atoms with Crippen molar-refractivity contribution in [1.82, 2.24) is 14.5 Å². The third-order valence-corrected chi connectivity index (χ3v) is 5.65. The van der Waals surface area contributed by atoms with Crippen LogP contribution in [0.5, 0.6) is 5.88 Å². The van der Waals surface area contributed by atoms with Gasteiger partial charge < -0.3 is 15.0 Å². The topological polar surface area (TPSA) is 119 Å². The number of ketones is 1. The van der Waals surface area contributed by atoms with Gasteiger partial charge in [0.25, 0.3) is 11.7 Å². The van der Waals surface area contributed by atoms with Gasteiger partial charge in [-0.1, -0.05) is 61.5 Å². The summed E-state index contributed by atoms with van der Waals surface area (Å²) >= 11 is 0. The summed E-state index contributed by atoms with van der Waals surface area (Å²) < 4.78 is 7.70. The van der Waals surface area contributed by atoms with Gasteiger partial charge in [-0.2, -0.15) is 0 Å². The molecule has 2 N–H and O–H groups in total. The molecule has 2 aromatic heterocycles. The molecule has 180 valence electrons. The van der Waals surface area contributed by atoms with E-state index in [1.807, 2.05) is 60.0 Å². The number of Topliss-reactive ketones (excluding diaryl/α,β-unsaturated/α-hetero) is 1. The molecule has 4 rings (SSSR count). The summed E-state index contributed by atoms with van der Waals surface area (Å²) in [5, 5.41) is 0.350. The third kappa shape index (κ3) is 4.91. The van der Waals surface area contributed by atoms with E-state index in [4.69, 9.17) is 15.4 Å². The van der Waals surface area contributed by atoms with E-state index in [9.17, 15) is 9.59 Å². The number of nitrogens with two attached hydrogens (primary N) is 1. The number of aromatic nitrogens is 3. The summed E-state index contributed by atoms with van der Waals surface area (Å²) in [7, 11) is 1.40. The van der Waals surface area contributed by atoms with Crippen molar-refractivity contribution in [2.75, 3.05) is 20.3 Å². The molecular formula is C26H26N4O5. The number of hydrogen-bond acceptors (Lipinski definition) is 7. The van der Waals surface area contributed by atoms with Gasteiger partial charge in [-0.3, -0.25) is 9.59 Å². The standard InChI is InChI=1S/C26H26N4O5/c1-3-20-21(23(31)24(27)32)22-25(28-16-29-26(22)34-13-14-35-33-2)30(20)15-18-11-7-8-12-19(18)17-9-5-4-6-10-17/h4-12,16H,3,13-15H2,1-2H3,(H2,27,32). The number of hydrogen-bond donors (Lipinski definition) is 1. The normalized spacial score (nSPS) is 11.0. The van der Waals surface area contributed by atoms with Crippen LogP contribution in [0.3, 0.4) is 0 Å². The van der Waals surface area contributed by atoms with E-state index in [0.717, 1.165) is 16.7 Å². The second-order valence-corrected chi connectivity index (χ2v) is 7.69. The molecule has 9 nitrogen and oxygen atoms in total. The first-order chi connectivity index (χ1) is 17.1. The average Bonchev–Trinajstić information content (AvgIpc) is 3.20. The van der Waals surface area contributed by atoms with Crippen LogP contribution in [0.1, 0.15) is 28.5 Å². The summed E-state index contributed by atoms with van der Waals surface area (Å²) in [4.78, 5) is 43.1. The first-order valence-corrected chi connectivity index (χ1v) is 11.2. The molecule has 0 unspecified atom stereocenters. The molecule has 0 aliphatic heterocycles. The molecule has 0 radical (unpaired) electrons. The van der Waals surface area contributed by atoms with Crippen LogP contribution in [0.4, 0.5) is 0 Å². The summed E-state index contributed by atoms with van der Waals surface area (Å²) in [6, 6.07) is 18.1. The Morgan fingerprint density at radius 2 is 1.74 bits per heavy atom. The van der Waals surface area contributed by atoms with Crippen molar-refractivity contribution in [3.63, 3.8) is 0 Å². The summed E-state index contributed by atoms with van der Waals surface area (Å²) in [5.74, 6) is -1.69. The van der Waals surface area contributed by atoms with Gasteiger partial charge in [-0.05, 0) is 23.1 Å². The minimum absolute atomic E-state index is 0.119. The van der Waals surface area contributed by atoms with Crippen molar-refractivity contribution in [1.29, 1.82) is 0 Å². The van der Waals surface area contributed by atoms with Gasteiger partial charge in [0.15, 0.2) is 0 Å². The Hall–Kier alpha value is -4.08. The summed E-state index contributed by atoms with van der Waals surface area (Å²) in [5.41, 5.74) is 9.84. The number of carbonyl (C=O) groups is 2. The second-order valence-electron chi connectivity index (χ2n) is 7.69. The van der Waals surface area contributed by atoms with E-state index in [2.05, 4.69) is 20.9 Å². The minimum atomic E-state index is -1.05. The number of rotatable bonds is 11. The number of primary amides is 1. The van der Waals surface area contributed by atoms with Gasteiger partial charge in [0.2, 0.25) is 5.88 Å². The molecule has 9 heteroatoms. The van der Waals surface area contributed by atoms with Crippen molar-refractivity contribution >= 4 is 22.7 Å². The number of ether oxygens (including phenoxy) is 1.